The Kier molecular flexibility index (Phi) is 4.51. The molecular formula is C11H15ClN4. The number of hydrogen-bond acceptors (Lipinski definition) is 4. The third-order valence-corrected chi connectivity index (χ3v) is 2.65. The maximum Gasteiger partial charge on any atom is 0.134 e. The van der Waals surface area contributed by atoms with Crippen LogP contribution in [0.4, 0.5) is 5.82 Å². The summed E-state index contributed by atoms with van der Waals surface area (Å²) in [5, 5.41) is 9.09. The molecule has 1 unspecified atom stereocenters. The standard InChI is InChI=1S/C11H15ClN4/c1-4-10-14-9(12)7-11(15-10)16(3)8(2)5-6-13/h7-8H,4-5H2,1-3H3. The van der Waals surface area contributed by atoms with Crippen LogP contribution in [-0.4, -0.2) is 23.1 Å². The summed E-state index contributed by atoms with van der Waals surface area (Å²) in [6, 6.07) is 3.97. The van der Waals surface area contributed by atoms with Crippen molar-refractivity contribution in [2.24, 2.45) is 0 Å². The van der Waals surface area contributed by atoms with Gasteiger partial charge >= 0.3 is 0 Å². The number of aromatic nitrogens is 2. The zero-order valence-corrected chi connectivity index (χ0v) is 10.5. The van der Waals surface area contributed by atoms with Gasteiger partial charge in [-0.2, -0.15) is 5.26 Å². The Labute approximate surface area is 101 Å². The summed E-state index contributed by atoms with van der Waals surface area (Å²) in [7, 11) is 1.90. The van der Waals surface area contributed by atoms with E-state index in [1.807, 2.05) is 25.8 Å². The Balaban J connectivity index is 2.95. The molecule has 0 amide bonds. The van der Waals surface area contributed by atoms with E-state index in [1.54, 1.807) is 6.07 Å². The molecule has 0 aromatic carbocycles. The summed E-state index contributed by atoms with van der Waals surface area (Å²) in [6.07, 6.45) is 1.20. The first-order valence-corrected chi connectivity index (χ1v) is 5.59. The second kappa shape index (κ2) is 5.66. The Morgan fingerprint density at radius 1 is 1.56 bits per heavy atom. The summed E-state index contributed by atoms with van der Waals surface area (Å²) < 4.78 is 0. The molecular weight excluding hydrogens is 224 g/mol. The molecule has 86 valence electrons. The Morgan fingerprint density at radius 3 is 2.81 bits per heavy atom. The van der Waals surface area contributed by atoms with Crippen molar-refractivity contribution < 1.29 is 0 Å². The predicted octanol–water partition coefficient (Wildman–Crippen LogP) is 2.43. The van der Waals surface area contributed by atoms with E-state index in [-0.39, 0.29) is 6.04 Å². The van der Waals surface area contributed by atoms with Crippen LogP contribution in [-0.2, 0) is 6.42 Å². The van der Waals surface area contributed by atoms with E-state index in [1.165, 1.54) is 0 Å². The molecule has 0 aliphatic rings. The second-order valence-electron chi connectivity index (χ2n) is 3.64. The van der Waals surface area contributed by atoms with Gasteiger partial charge in [0.2, 0.25) is 0 Å². The molecule has 16 heavy (non-hydrogen) atoms. The van der Waals surface area contributed by atoms with Gasteiger partial charge in [-0.05, 0) is 6.92 Å². The van der Waals surface area contributed by atoms with E-state index in [4.69, 9.17) is 16.9 Å². The molecule has 0 saturated heterocycles. The van der Waals surface area contributed by atoms with Crippen molar-refractivity contribution in [3.8, 4) is 6.07 Å². The SMILES string of the molecule is CCc1nc(Cl)cc(N(C)C(C)CC#N)n1. The van der Waals surface area contributed by atoms with E-state index < -0.39 is 0 Å². The van der Waals surface area contributed by atoms with Crippen LogP contribution < -0.4 is 4.90 Å². The molecule has 1 atom stereocenters. The third-order valence-electron chi connectivity index (χ3n) is 2.45. The van der Waals surface area contributed by atoms with Crippen molar-refractivity contribution in [2.75, 3.05) is 11.9 Å². The molecule has 0 aliphatic carbocycles. The van der Waals surface area contributed by atoms with Gasteiger partial charge in [-0.1, -0.05) is 18.5 Å². The maximum atomic E-state index is 8.65. The fourth-order valence-corrected chi connectivity index (χ4v) is 1.48. The minimum atomic E-state index is 0.112. The van der Waals surface area contributed by atoms with Gasteiger partial charge in [-0.15, -0.1) is 0 Å². The third kappa shape index (κ3) is 3.07. The average Bonchev–Trinajstić information content (AvgIpc) is 2.27. The smallest absolute Gasteiger partial charge is 0.134 e. The second-order valence-corrected chi connectivity index (χ2v) is 4.03. The summed E-state index contributed by atoms with van der Waals surface area (Å²) in [5.74, 6) is 1.48. The van der Waals surface area contributed by atoms with Gasteiger partial charge in [0.25, 0.3) is 0 Å². The van der Waals surface area contributed by atoms with E-state index >= 15 is 0 Å². The summed E-state index contributed by atoms with van der Waals surface area (Å²) >= 11 is 5.91. The minimum absolute atomic E-state index is 0.112. The fourth-order valence-electron chi connectivity index (χ4n) is 1.29. The van der Waals surface area contributed by atoms with Crippen molar-refractivity contribution in [1.82, 2.24) is 9.97 Å². The number of rotatable bonds is 4. The van der Waals surface area contributed by atoms with Crippen LogP contribution in [0.5, 0.6) is 0 Å². The van der Waals surface area contributed by atoms with Gasteiger partial charge in [0.05, 0.1) is 12.5 Å². The first-order chi connectivity index (χ1) is 7.58. The largest absolute Gasteiger partial charge is 0.356 e. The molecule has 0 bridgehead atoms. The minimum Gasteiger partial charge on any atom is -0.356 e. The highest BCUT2D eigenvalue weighted by atomic mass is 35.5. The molecule has 4 nitrogen and oxygen atoms in total. The number of nitrogens with zero attached hydrogens (tertiary/aromatic N) is 4. The number of nitriles is 1. The van der Waals surface area contributed by atoms with Crippen molar-refractivity contribution in [3.63, 3.8) is 0 Å². The molecule has 0 fully saturated rings. The van der Waals surface area contributed by atoms with Crippen molar-refractivity contribution in [1.29, 1.82) is 5.26 Å². The molecule has 5 heteroatoms. The van der Waals surface area contributed by atoms with E-state index in [2.05, 4.69) is 16.0 Å². The Bertz CT molecular complexity index is 399. The predicted molar refractivity (Wildman–Crippen MR) is 64.5 cm³/mol. The molecule has 0 spiro atoms. The van der Waals surface area contributed by atoms with Crippen LogP contribution in [0.25, 0.3) is 0 Å². The quantitative estimate of drug-likeness (QED) is 0.756. The first kappa shape index (κ1) is 12.7. The van der Waals surface area contributed by atoms with Crippen LogP contribution in [0.1, 0.15) is 26.1 Å². The molecule has 0 N–H and O–H groups in total. The highest BCUT2D eigenvalue weighted by molar-refractivity contribution is 6.29. The van der Waals surface area contributed by atoms with Gasteiger partial charge in [0.15, 0.2) is 0 Å². The van der Waals surface area contributed by atoms with Gasteiger partial charge < -0.3 is 4.90 Å². The van der Waals surface area contributed by atoms with Crippen LogP contribution in [0.15, 0.2) is 6.07 Å². The number of halogens is 1. The fraction of sp³-hybridized carbons (Fsp3) is 0.545. The molecule has 0 saturated carbocycles. The van der Waals surface area contributed by atoms with Crippen molar-refractivity contribution in [2.45, 2.75) is 32.7 Å². The van der Waals surface area contributed by atoms with E-state index in [9.17, 15) is 0 Å². The monoisotopic (exact) mass is 238 g/mol. The lowest BCUT2D eigenvalue weighted by atomic mass is 10.2. The Hall–Kier alpha value is -1.34. The molecule has 1 heterocycles. The molecule has 0 radical (unpaired) electrons. The zero-order chi connectivity index (χ0) is 12.1. The lowest BCUT2D eigenvalue weighted by Gasteiger charge is -2.24. The summed E-state index contributed by atoms with van der Waals surface area (Å²) in [5.41, 5.74) is 0. The summed E-state index contributed by atoms with van der Waals surface area (Å²) in [4.78, 5) is 10.4. The van der Waals surface area contributed by atoms with Crippen LogP contribution in [0.2, 0.25) is 5.15 Å². The van der Waals surface area contributed by atoms with E-state index in [0.717, 1.165) is 18.1 Å². The number of aryl methyl sites for hydroxylation is 1. The van der Waals surface area contributed by atoms with Crippen molar-refractivity contribution >= 4 is 17.4 Å². The van der Waals surface area contributed by atoms with E-state index in [0.29, 0.717) is 11.6 Å². The van der Waals surface area contributed by atoms with Crippen LogP contribution >= 0.6 is 11.6 Å². The van der Waals surface area contributed by atoms with Crippen LogP contribution in [0.3, 0.4) is 0 Å². The van der Waals surface area contributed by atoms with Gasteiger partial charge in [0, 0.05) is 25.6 Å². The Morgan fingerprint density at radius 2 is 2.25 bits per heavy atom. The first-order valence-electron chi connectivity index (χ1n) is 5.21. The zero-order valence-electron chi connectivity index (χ0n) is 9.74. The molecule has 1 rings (SSSR count). The molecule has 0 aliphatic heterocycles. The maximum absolute atomic E-state index is 8.65. The number of anilines is 1. The van der Waals surface area contributed by atoms with Gasteiger partial charge in [0.1, 0.15) is 16.8 Å². The topological polar surface area (TPSA) is 52.8 Å². The van der Waals surface area contributed by atoms with Gasteiger partial charge in [-0.25, -0.2) is 9.97 Å². The van der Waals surface area contributed by atoms with Gasteiger partial charge in [-0.3, -0.25) is 0 Å². The lowest BCUT2D eigenvalue weighted by Crippen LogP contribution is -2.29. The number of hydrogen-bond donors (Lipinski definition) is 0. The highest BCUT2D eigenvalue weighted by Gasteiger charge is 2.12. The summed E-state index contributed by atoms with van der Waals surface area (Å²) in [6.45, 7) is 3.96. The molecule has 1 aromatic rings. The van der Waals surface area contributed by atoms with Crippen LogP contribution in [0, 0.1) is 11.3 Å². The normalized spacial score (nSPS) is 11.9. The van der Waals surface area contributed by atoms with Crippen molar-refractivity contribution in [3.05, 3.63) is 17.0 Å². The average molecular weight is 239 g/mol. The molecule has 1 aromatic heterocycles. The lowest BCUT2D eigenvalue weighted by molar-refractivity contribution is 0.689. The highest BCUT2D eigenvalue weighted by Crippen LogP contribution is 2.18.